The minimum atomic E-state index is -4.50. The molecule has 29 heavy (non-hydrogen) atoms. The molecule has 8 heteroatoms. The normalized spacial score (nSPS) is 14.6. The summed E-state index contributed by atoms with van der Waals surface area (Å²) < 4.78 is 43.7. The molecule has 0 radical (unpaired) electrons. The molecule has 3 rings (SSSR count). The van der Waals surface area contributed by atoms with Gasteiger partial charge >= 0.3 is 6.18 Å². The molecule has 0 bridgehead atoms. The van der Waals surface area contributed by atoms with Gasteiger partial charge in [-0.1, -0.05) is 18.2 Å². The molecule has 2 amide bonds. The Morgan fingerprint density at radius 1 is 0.966 bits per heavy atom. The summed E-state index contributed by atoms with van der Waals surface area (Å²) in [6.45, 7) is 1.26. The molecule has 0 saturated carbocycles. The number of carbonyl (C=O) groups excluding carboxylic acids is 2. The molecule has 154 valence electrons. The fourth-order valence-electron chi connectivity index (χ4n) is 3.20. The lowest BCUT2D eigenvalue weighted by Gasteiger charge is -2.35. The summed E-state index contributed by atoms with van der Waals surface area (Å²) >= 11 is 0. The van der Waals surface area contributed by atoms with Crippen LogP contribution in [0.2, 0.25) is 0 Å². The Morgan fingerprint density at radius 3 is 2.17 bits per heavy atom. The second-order valence-electron chi connectivity index (χ2n) is 6.78. The molecule has 1 aliphatic rings. The summed E-state index contributed by atoms with van der Waals surface area (Å²) in [4.78, 5) is 28.2. The number of nitrogens with zero attached hydrogens (tertiary/aromatic N) is 2. The lowest BCUT2D eigenvalue weighted by atomic mass is 10.1. The molecule has 2 aromatic rings. The van der Waals surface area contributed by atoms with Crippen LogP contribution in [0.25, 0.3) is 0 Å². The number of benzene rings is 2. The van der Waals surface area contributed by atoms with Gasteiger partial charge in [-0.2, -0.15) is 13.2 Å². The van der Waals surface area contributed by atoms with Crippen LogP contribution < -0.4 is 4.74 Å². The van der Waals surface area contributed by atoms with Crippen molar-refractivity contribution in [1.82, 2.24) is 9.80 Å². The third kappa shape index (κ3) is 5.07. The number of methoxy groups -OCH3 is 1. The van der Waals surface area contributed by atoms with Gasteiger partial charge in [-0.15, -0.1) is 0 Å². The Kier molecular flexibility index (Phi) is 6.10. The van der Waals surface area contributed by atoms with Crippen molar-refractivity contribution < 1.29 is 27.5 Å². The Hall–Kier alpha value is -3.03. The first-order chi connectivity index (χ1) is 13.8. The summed E-state index contributed by atoms with van der Waals surface area (Å²) in [5.41, 5.74) is 0.00719. The van der Waals surface area contributed by atoms with Crippen molar-refractivity contribution in [3.8, 4) is 5.75 Å². The highest BCUT2D eigenvalue weighted by Gasteiger charge is 2.32. The fraction of sp³-hybridized carbons (Fsp3) is 0.333. The summed E-state index contributed by atoms with van der Waals surface area (Å²) in [7, 11) is 1.57. The SMILES string of the molecule is COc1ccc(CC(=O)N2CCN(C(=O)c3cccc(C(F)(F)F)c3)CC2)cc1. The molecule has 0 aromatic heterocycles. The Morgan fingerprint density at radius 2 is 1.59 bits per heavy atom. The number of rotatable bonds is 4. The Labute approximate surface area is 166 Å². The van der Waals surface area contributed by atoms with Crippen LogP contribution in [0.3, 0.4) is 0 Å². The summed E-state index contributed by atoms with van der Waals surface area (Å²) in [5, 5.41) is 0. The maximum Gasteiger partial charge on any atom is 0.416 e. The number of carbonyl (C=O) groups is 2. The monoisotopic (exact) mass is 406 g/mol. The smallest absolute Gasteiger partial charge is 0.416 e. The van der Waals surface area contributed by atoms with Gasteiger partial charge in [0, 0.05) is 31.7 Å². The van der Waals surface area contributed by atoms with E-state index >= 15 is 0 Å². The molecule has 2 aromatic carbocycles. The first kappa shape index (κ1) is 20.7. The zero-order valence-electron chi connectivity index (χ0n) is 15.9. The van der Waals surface area contributed by atoms with E-state index in [1.54, 1.807) is 24.1 Å². The fourth-order valence-corrected chi connectivity index (χ4v) is 3.20. The highest BCUT2D eigenvalue weighted by Crippen LogP contribution is 2.29. The van der Waals surface area contributed by atoms with E-state index < -0.39 is 17.6 Å². The van der Waals surface area contributed by atoms with Crippen molar-refractivity contribution in [2.24, 2.45) is 0 Å². The van der Waals surface area contributed by atoms with Crippen molar-refractivity contribution in [3.05, 3.63) is 65.2 Å². The van der Waals surface area contributed by atoms with Gasteiger partial charge in [-0.3, -0.25) is 9.59 Å². The quantitative estimate of drug-likeness (QED) is 0.783. The third-order valence-electron chi connectivity index (χ3n) is 4.87. The van der Waals surface area contributed by atoms with Gasteiger partial charge in [-0.25, -0.2) is 0 Å². The minimum Gasteiger partial charge on any atom is -0.497 e. The average Bonchev–Trinajstić information content (AvgIpc) is 2.73. The second kappa shape index (κ2) is 8.55. The molecule has 0 spiro atoms. The number of ether oxygens (including phenoxy) is 1. The van der Waals surface area contributed by atoms with Gasteiger partial charge in [0.1, 0.15) is 5.75 Å². The number of hydrogen-bond donors (Lipinski definition) is 0. The van der Waals surface area contributed by atoms with E-state index in [2.05, 4.69) is 0 Å². The maximum absolute atomic E-state index is 12.9. The van der Waals surface area contributed by atoms with E-state index in [0.717, 1.165) is 17.7 Å². The van der Waals surface area contributed by atoms with E-state index in [0.29, 0.717) is 18.8 Å². The van der Waals surface area contributed by atoms with E-state index in [4.69, 9.17) is 4.74 Å². The maximum atomic E-state index is 12.9. The van der Waals surface area contributed by atoms with Crippen LogP contribution in [-0.2, 0) is 17.4 Å². The molecule has 1 aliphatic heterocycles. The number of alkyl halides is 3. The van der Waals surface area contributed by atoms with E-state index in [-0.39, 0.29) is 31.0 Å². The molecule has 5 nitrogen and oxygen atoms in total. The van der Waals surface area contributed by atoms with Crippen molar-refractivity contribution in [1.29, 1.82) is 0 Å². The summed E-state index contributed by atoms with van der Waals surface area (Å²) in [6.07, 6.45) is -4.26. The minimum absolute atomic E-state index is 0.00201. The largest absolute Gasteiger partial charge is 0.497 e. The van der Waals surface area contributed by atoms with Crippen molar-refractivity contribution in [2.45, 2.75) is 12.6 Å². The van der Waals surface area contributed by atoms with E-state index in [1.165, 1.54) is 17.0 Å². The number of piperazine rings is 1. The van der Waals surface area contributed by atoms with Crippen LogP contribution in [0, 0.1) is 0 Å². The molecular weight excluding hydrogens is 385 g/mol. The van der Waals surface area contributed by atoms with Crippen molar-refractivity contribution in [2.75, 3.05) is 33.3 Å². The Balaban J connectivity index is 1.57. The summed E-state index contributed by atoms with van der Waals surface area (Å²) in [6, 6.07) is 11.6. The van der Waals surface area contributed by atoms with E-state index in [1.807, 2.05) is 12.1 Å². The van der Waals surface area contributed by atoms with Gasteiger partial charge in [0.05, 0.1) is 19.1 Å². The molecule has 0 unspecified atom stereocenters. The summed E-state index contributed by atoms with van der Waals surface area (Å²) in [5.74, 6) is 0.197. The molecule has 0 aliphatic carbocycles. The van der Waals surface area contributed by atoms with Gasteiger partial charge in [-0.05, 0) is 35.9 Å². The van der Waals surface area contributed by atoms with Crippen molar-refractivity contribution >= 4 is 11.8 Å². The third-order valence-corrected chi connectivity index (χ3v) is 4.87. The van der Waals surface area contributed by atoms with Gasteiger partial charge in [0.2, 0.25) is 5.91 Å². The topological polar surface area (TPSA) is 49.9 Å². The van der Waals surface area contributed by atoms with Crippen LogP contribution in [0.15, 0.2) is 48.5 Å². The highest BCUT2D eigenvalue weighted by molar-refractivity contribution is 5.94. The predicted molar refractivity (Wildman–Crippen MR) is 101 cm³/mol. The van der Waals surface area contributed by atoms with Gasteiger partial charge in [0.25, 0.3) is 5.91 Å². The standard InChI is InChI=1S/C21H21F3N2O3/c1-29-18-7-5-15(6-8-18)13-19(27)25-9-11-26(12-10-25)20(28)16-3-2-4-17(14-16)21(22,23)24/h2-8,14H,9-13H2,1H3. The first-order valence-corrected chi connectivity index (χ1v) is 9.15. The number of amides is 2. The van der Waals surface area contributed by atoms with Crippen LogP contribution in [0.4, 0.5) is 13.2 Å². The van der Waals surface area contributed by atoms with E-state index in [9.17, 15) is 22.8 Å². The Bertz CT molecular complexity index is 873. The lowest BCUT2D eigenvalue weighted by Crippen LogP contribution is -2.51. The molecule has 1 saturated heterocycles. The first-order valence-electron chi connectivity index (χ1n) is 9.15. The van der Waals surface area contributed by atoms with Crippen LogP contribution in [0.5, 0.6) is 5.75 Å². The zero-order valence-corrected chi connectivity index (χ0v) is 15.9. The number of hydrogen-bond acceptors (Lipinski definition) is 3. The molecular formula is C21H21F3N2O3. The predicted octanol–water partition coefficient (Wildman–Crippen LogP) is 3.24. The highest BCUT2D eigenvalue weighted by atomic mass is 19.4. The molecule has 0 atom stereocenters. The van der Waals surface area contributed by atoms with Gasteiger partial charge in [0.15, 0.2) is 0 Å². The lowest BCUT2D eigenvalue weighted by molar-refractivity contribution is -0.137. The van der Waals surface area contributed by atoms with Gasteiger partial charge < -0.3 is 14.5 Å². The van der Waals surface area contributed by atoms with Crippen molar-refractivity contribution in [3.63, 3.8) is 0 Å². The zero-order chi connectivity index (χ0) is 21.0. The van der Waals surface area contributed by atoms with Crippen LogP contribution in [0.1, 0.15) is 21.5 Å². The second-order valence-corrected chi connectivity index (χ2v) is 6.78. The average molecular weight is 406 g/mol. The molecule has 1 heterocycles. The molecule has 1 fully saturated rings. The van der Waals surface area contributed by atoms with Crippen LogP contribution in [-0.4, -0.2) is 54.9 Å². The molecule has 0 N–H and O–H groups in total. The number of halogens is 3. The van der Waals surface area contributed by atoms with Crippen LogP contribution >= 0.6 is 0 Å².